The lowest BCUT2D eigenvalue weighted by Crippen LogP contribution is -2.40. The molecule has 1 amide bonds. The van der Waals surface area contributed by atoms with Gasteiger partial charge in [-0.2, -0.15) is 0 Å². The predicted molar refractivity (Wildman–Crippen MR) is 87.2 cm³/mol. The number of nitrogens with zero attached hydrogens (tertiary/aromatic N) is 1. The zero-order valence-corrected chi connectivity index (χ0v) is 13.5. The van der Waals surface area contributed by atoms with E-state index in [-0.39, 0.29) is 23.8 Å². The molecule has 0 heterocycles. The minimum Gasteiger partial charge on any atom is -0.347 e. The van der Waals surface area contributed by atoms with Gasteiger partial charge in [-0.05, 0) is 38.4 Å². The van der Waals surface area contributed by atoms with Crippen LogP contribution in [0.3, 0.4) is 0 Å². The molecule has 23 heavy (non-hydrogen) atoms. The van der Waals surface area contributed by atoms with Gasteiger partial charge in [0.2, 0.25) is 5.91 Å². The highest BCUT2D eigenvalue weighted by Gasteiger charge is 2.19. The molecule has 1 aromatic carbocycles. The van der Waals surface area contributed by atoms with Crippen molar-refractivity contribution in [2.45, 2.75) is 38.6 Å². The number of amides is 1. The molecule has 0 aromatic heterocycles. The van der Waals surface area contributed by atoms with E-state index < -0.39 is 11.0 Å². The van der Waals surface area contributed by atoms with Crippen LogP contribution >= 0.6 is 0 Å². The molecule has 0 fully saturated rings. The quantitative estimate of drug-likeness (QED) is 0.387. The molecule has 0 bridgehead atoms. The van der Waals surface area contributed by atoms with Crippen molar-refractivity contribution in [1.29, 1.82) is 0 Å². The fraction of sp³-hybridized carbons (Fsp3) is 0.500. The first kappa shape index (κ1) is 18.8. The number of nitro benzene ring substituents is 1. The number of benzene rings is 1. The second kappa shape index (κ2) is 9.68. The maximum atomic E-state index is 12.4. The van der Waals surface area contributed by atoms with Crippen LogP contribution in [0, 0.1) is 10.1 Å². The van der Waals surface area contributed by atoms with Crippen LogP contribution in [-0.4, -0.2) is 36.2 Å². The number of rotatable bonds is 10. The minimum absolute atomic E-state index is 0.00771. The van der Waals surface area contributed by atoms with Crippen molar-refractivity contribution >= 4 is 17.4 Å². The molecule has 0 saturated heterocycles. The van der Waals surface area contributed by atoms with Crippen LogP contribution < -0.4 is 10.6 Å². The van der Waals surface area contributed by atoms with Gasteiger partial charge in [0.15, 0.2) is 5.78 Å². The van der Waals surface area contributed by atoms with Gasteiger partial charge in [0.1, 0.15) is 0 Å². The Hall–Kier alpha value is -2.28. The predicted octanol–water partition coefficient (Wildman–Crippen LogP) is 1.60. The van der Waals surface area contributed by atoms with E-state index in [1.54, 1.807) is 12.1 Å². The van der Waals surface area contributed by atoms with Crippen LogP contribution in [-0.2, 0) is 16.0 Å². The van der Waals surface area contributed by atoms with Crippen LogP contribution in [0.25, 0.3) is 0 Å². The van der Waals surface area contributed by atoms with Crippen LogP contribution in [0.15, 0.2) is 24.3 Å². The van der Waals surface area contributed by atoms with Crippen LogP contribution in [0.4, 0.5) is 5.69 Å². The number of Topliss-reactive ketones (excluding diaryl/α,β-unsaturated/α-hetero) is 1. The summed E-state index contributed by atoms with van der Waals surface area (Å²) in [7, 11) is 1.87. The Morgan fingerprint density at radius 3 is 2.39 bits per heavy atom. The van der Waals surface area contributed by atoms with E-state index >= 15 is 0 Å². The summed E-state index contributed by atoms with van der Waals surface area (Å²) in [5, 5.41) is 16.3. The van der Waals surface area contributed by atoms with Gasteiger partial charge in [-0.3, -0.25) is 19.7 Å². The van der Waals surface area contributed by atoms with E-state index in [1.807, 2.05) is 7.05 Å². The topological polar surface area (TPSA) is 101 Å². The Balaban J connectivity index is 2.64. The average molecular weight is 321 g/mol. The molecule has 0 radical (unpaired) electrons. The lowest BCUT2D eigenvalue weighted by atomic mass is 9.99. The summed E-state index contributed by atoms with van der Waals surface area (Å²) in [5.41, 5.74) is 0.692. The fourth-order valence-corrected chi connectivity index (χ4v) is 2.27. The van der Waals surface area contributed by atoms with Crippen molar-refractivity contribution in [1.82, 2.24) is 10.6 Å². The Morgan fingerprint density at radius 2 is 1.87 bits per heavy atom. The molecule has 0 spiro atoms. The molecule has 1 atom stereocenters. The largest absolute Gasteiger partial charge is 0.347 e. The van der Waals surface area contributed by atoms with Crippen molar-refractivity contribution in [3.63, 3.8) is 0 Å². The van der Waals surface area contributed by atoms with Crippen molar-refractivity contribution in [2.24, 2.45) is 0 Å². The lowest BCUT2D eigenvalue weighted by molar-refractivity contribution is -0.384. The number of hydrogen-bond donors (Lipinski definition) is 2. The summed E-state index contributed by atoms with van der Waals surface area (Å²) in [6, 6.07) is 5.38. The zero-order valence-electron chi connectivity index (χ0n) is 13.5. The molecule has 0 aliphatic heterocycles. The summed E-state index contributed by atoms with van der Waals surface area (Å²) < 4.78 is 0. The lowest BCUT2D eigenvalue weighted by Gasteiger charge is -2.16. The maximum Gasteiger partial charge on any atom is 0.269 e. The summed E-state index contributed by atoms with van der Waals surface area (Å²) in [5.74, 6) is -0.320. The smallest absolute Gasteiger partial charge is 0.269 e. The van der Waals surface area contributed by atoms with Gasteiger partial charge >= 0.3 is 0 Å². The Kier molecular flexibility index (Phi) is 7.90. The third kappa shape index (κ3) is 7.01. The SMILES string of the molecule is CNCCCC[C@H](NC(C)=O)C(=O)Cc1ccc([N+](=O)[O-])cc1. The van der Waals surface area contributed by atoms with Crippen molar-refractivity contribution in [3.05, 3.63) is 39.9 Å². The summed E-state index contributed by atoms with van der Waals surface area (Å²) in [6.45, 7) is 2.25. The number of unbranched alkanes of at least 4 members (excludes halogenated alkanes) is 1. The number of hydrogen-bond acceptors (Lipinski definition) is 5. The molecular formula is C16H23N3O4. The molecule has 0 aliphatic carbocycles. The number of carbonyl (C=O) groups is 2. The molecule has 1 aromatic rings. The molecule has 2 N–H and O–H groups in total. The van der Waals surface area contributed by atoms with Gasteiger partial charge in [-0.15, -0.1) is 0 Å². The number of nitrogens with one attached hydrogen (secondary N) is 2. The van der Waals surface area contributed by atoms with Gasteiger partial charge in [0.25, 0.3) is 5.69 Å². The van der Waals surface area contributed by atoms with E-state index in [1.165, 1.54) is 19.1 Å². The zero-order chi connectivity index (χ0) is 17.2. The van der Waals surface area contributed by atoms with E-state index in [0.29, 0.717) is 12.0 Å². The number of non-ortho nitro benzene ring substituents is 1. The van der Waals surface area contributed by atoms with Gasteiger partial charge in [-0.1, -0.05) is 12.1 Å². The highest BCUT2D eigenvalue weighted by atomic mass is 16.6. The van der Waals surface area contributed by atoms with Crippen LogP contribution in [0.1, 0.15) is 31.7 Å². The summed E-state index contributed by atoms with van der Waals surface area (Å²) in [4.78, 5) is 33.8. The standard InChI is InChI=1S/C16H23N3O4/c1-12(20)18-15(5-3-4-10-17-2)16(21)11-13-6-8-14(9-7-13)19(22)23/h6-9,15,17H,3-5,10-11H2,1-2H3,(H,18,20)/t15-/m0/s1. The average Bonchev–Trinajstić information content (AvgIpc) is 2.50. The summed E-state index contributed by atoms with van der Waals surface area (Å²) in [6.07, 6.45) is 2.50. The van der Waals surface area contributed by atoms with Crippen molar-refractivity contribution < 1.29 is 14.5 Å². The minimum atomic E-state index is -0.514. The van der Waals surface area contributed by atoms with Crippen LogP contribution in [0.2, 0.25) is 0 Å². The number of nitro groups is 1. The van der Waals surface area contributed by atoms with Gasteiger partial charge in [-0.25, -0.2) is 0 Å². The molecule has 7 nitrogen and oxygen atoms in total. The second-order valence-corrected chi connectivity index (χ2v) is 5.42. The third-order valence-corrected chi connectivity index (χ3v) is 3.46. The molecule has 0 aliphatic rings. The van der Waals surface area contributed by atoms with E-state index in [4.69, 9.17) is 0 Å². The molecule has 7 heteroatoms. The molecule has 126 valence electrons. The van der Waals surface area contributed by atoms with Crippen molar-refractivity contribution in [3.8, 4) is 0 Å². The Labute approximate surface area is 135 Å². The third-order valence-electron chi connectivity index (χ3n) is 3.46. The molecule has 1 rings (SSSR count). The van der Waals surface area contributed by atoms with E-state index in [0.717, 1.165) is 19.4 Å². The first-order chi connectivity index (χ1) is 10.9. The molecule has 0 unspecified atom stereocenters. The maximum absolute atomic E-state index is 12.4. The normalized spacial score (nSPS) is 11.7. The second-order valence-electron chi connectivity index (χ2n) is 5.42. The first-order valence-electron chi connectivity index (χ1n) is 7.61. The van der Waals surface area contributed by atoms with Gasteiger partial charge in [0, 0.05) is 25.5 Å². The Morgan fingerprint density at radius 1 is 1.22 bits per heavy atom. The summed E-state index contributed by atoms with van der Waals surface area (Å²) >= 11 is 0. The molecule has 0 saturated carbocycles. The van der Waals surface area contributed by atoms with Crippen molar-refractivity contribution in [2.75, 3.05) is 13.6 Å². The highest BCUT2D eigenvalue weighted by molar-refractivity contribution is 5.89. The van der Waals surface area contributed by atoms with Crippen LogP contribution in [0.5, 0.6) is 0 Å². The van der Waals surface area contributed by atoms with E-state index in [2.05, 4.69) is 10.6 Å². The monoisotopic (exact) mass is 321 g/mol. The highest BCUT2D eigenvalue weighted by Crippen LogP contribution is 2.14. The number of carbonyl (C=O) groups excluding carboxylic acids is 2. The fourth-order valence-electron chi connectivity index (χ4n) is 2.27. The van der Waals surface area contributed by atoms with Gasteiger partial charge < -0.3 is 10.6 Å². The molecular weight excluding hydrogens is 298 g/mol. The number of ketones is 1. The van der Waals surface area contributed by atoms with E-state index in [9.17, 15) is 19.7 Å². The van der Waals surface area contributed by atoms with Gasteiger partial charge in [0.05, 0.1) is 11.0 Å². The Bertz CT molecular complexity index is 543. The first-order valence-corrected chi connectivity index (χ1v) is 7.61.